The summed E-state index contributed by atoms with van der Waals surface area (Å²) >= 11 is 0. The largest absolute Gasteiger partial charge is 0.444 e. The van der Waals surface area contributed by atoms with Crippen molar-refractivity contribution in [3.63, 3.8) is 0 Å². The number of nitro groups is 1. The lowest BCUT2D eigenvalue weighted by Crippen LogP contribution is -2.49. The second-order valence-corrected chi connectivity index (χ2v) is 6.11. The SMILES string of the molecule is CC(C)(C)OC(=O)N1CCCN(c2cccc([N+](=O)[O-])n2)C1. The molecule has 1 fully saturated rings. The predicted molar refractivity (Wildman–Crippen MR) is 80.7 cm³/mol. The molecule has 2 rings (SSSR count). The minimum absolute atomic E-state index is 0.202. The fraction of sp³-hybridized carbons (Fsp3) is 0.571. The second-order valence-electron chi connectivity index (χ2n) is 6.11. The summed E-state index contributed by atoms with van der Waals surface area (Å²) in [5.74, 6) is 0.286. The van der Waals surface area contributed by atoms with Crippen LogP contribution in [0.4, 0.5) is 16.4 Å². The summed E-state index contributed by atoms with van der Waals surface area (Å²) in [6, 6.07) is 4.64. The molecule has 0 bridgehead atoms. The van der Waals surface area contributed by atoms with Gasteiger partial charge in [-0.05, 0) is 43.2 Å². The number of amides is 1. The maximum absolute atomic E-state index is 12.1. The third kappa shape index (κ3) is 4.06. The summed E-state index contributed by atoms with van der Waals surface area (Å²) in [5, 5.41) is 10.8. The zero-order valence-corrected chi connectivity index (χ0v) is 13.0. The molecule has 1 saturated heterocycles. The Kier molecular flexibility index (Phi) is 4.48. The van der Waals surface area contributed by atoms with E-state index >= 15 is 0 Å². The van der Waals surface area contributed by atoms with Crippen LogP contribution in [0.2, 0.25) is 0 Å². The first kappa shape index (κ1) is 16.0. The molecule has 8 heteroatoms. The van der Waals surface area contributed by atoms with Crippen molar-refractivity contribution in [3.05, 3.63) is 28.3 Å². The molecule has 0 N–H and O–H groups in total. The minimum atomic E-state index is -0.552. The van der Waals surface area contributed by atoms with Gasteiger partial charge in [-0.15, -0.1) is 0 Å². The van der Waals surface area contributed by atoms with Crippen LogP contribution in [0.15, 0.2) is 18.2 Å². The maximum atomic E-state index is 12.1. The van der Waals surface area contributed by atoms with E-state index in [0.717, 1.165) is 6.42 Å². The number of hydrogen-bond acceptors (Lipinski definition) is 6. The monoisotopic (exact) mass is 308 g/mol. The van der Waals surface area contributed by atoms with Gasteiger partial charge in [-0.3, -0.25) is 4.90 Å². The number of nitrogens with zero attached hydrogens (tertiary/aromatic N) is 4. The molecule has 2 heterocycles. The molecule has 1 aliphatic rings. The molecule has 1 amide bonds. The molecule has 0 saturated carbocycles. The van der Waals surface area contributed by atoms with Crippen LogP contribution in [0.25, 0.3) is 0 Å². The molecule has 0 radical (unpaired) electrons. The van der Waals surface area contributed by atoms with Gasteiger partial charge in [0.2, 0.25) is 5.82 Å². The zero-order chi connectivity index (χ0) is 16.3. The van der Waals surface area contributed by atoms with E-state index in [2.05, 4.69) is 4.98 Å². The lowest BCUT2D eigenvalue weighted by molar-refractivity contribution is -0.389. The summed E-state index contributed by atoms with van der Waals surface area (Å²) in [5.41, 5.74) is -0.552. The minimum Gasteiger partial charge on any atom is -0.444 e. The Hall–Kier alpha value is -2.38. The highest BCUT2D eigenvalue weighted by Gasteiger charge is 2.28. The highest BCUT2D eigenvalue weighted by atomic mass is 16.6. The molecule has 120 valence electrons. The Morgan fingerprint density at radius 3 is 2.73 bits per heavy atom. The third-order valence-corrected chi connectivity index (χ3v) is 3.08. The Labute approximate surface area is 128 Å². The molecule has 0 unspecified atom stereocenters. The molecule has 0 spiro atoms. The summed E-state index contributed by atoms with van der Waals surface area (Å²) in [6.45, 7) is 7.04. The summed E-state index contributed by atoms with van der Waals surface area (Å²) in [6.07, 6.45) is 0.367. The van der Waals surface area contributed by atoms with Gasteiger partial charge < -0.3 is 19.8 Å². The average molecular weight is 308 g/mol. The molecule has 0 aromatic carbocycles. The van der Waals surface area contributed by atoms with Crippen molar-refractivity contribution in [2.45, 2.75) is 32.8 Å². The van der Waals surface area contributed by atoms with Crippen molar-refractivity contribution < 1.29 is 14.5 Å². The molecular formula is C14H20N4O4. The Morgan fingerprint density at radius 1 is 1.36 bits per heavy atom. The third-order valence-electron chi connectivity index (χ3n) is 3.08. The lowest BCUT2D eigenvalue weighted by atomic mass is 10.2. The van der Waals surface area contributed by atoms with Crippen molar-refractivity contribution in [2.24, 2.45) is 0 Å². The van der Waals surface area contributed by atoms with Gasteiger partial charge in [-0.2, -0.15) is 0 Å². The molecule has 1 aromatic heterocycles. The van der Waals surface area contributed by atoms with Gasteiger partial charge in [0.15, 0.2) is 0 Å². The fourth-order valence-electron chi connectivity index (χ4n) is 2.15. The normalized spacial score (nSPS) is 15.6. The lowest BCUT2D eigenvalue weighted by Gasteiger charge is -2.35. The van der Waals surface area contributed by atoms with Gasteiger partial charge >= 0.3 is 11.9 Å². The number of ether oxygens (including phenoxy) is 1. The Bertz CT molecular complexity index is 570. The van der Waals surface area contributed by atoms with E-state index in [1.165, 1.54) is 6.07 Å². The van der Waals surface area contributed by atoms with Gasteiger partial charge in [0.1, 0.15) is 5.60 Å². The van der Waals surface area contributed by atoms with Crippen LogP contribution >= 0.6 is 0 Å². The average Bonchev–Trinajstić information content (AvgIpc) is 2.46. The van der Waals surface area contributed by atoms with Crippen molar-refractivity contribution >= 4 is 17.7 Å². The number of carbonyl (C=O) groups is 1. The summed E-state index contributed by atoms with van der Waals surface area (Å²) < 4.78 is 5.36. The van der Waals surface area contributed by atoms with E-state index in [4.69, 9.17) is 4.74 Å². The van der Waals surface area contributed by atoms with Crippen LogP contribution in [-0.2, 0) is 4.74 Å². The van der Waals surface area contributed by atoms with Gasteiger partial charge in [0.05, 0.1) is 6.67 Å². The number of rotatable bonds is 2. The second kappa shape index (κ2) is 6.17. The summed E-state index contributed by atoms with van der Waals surface area (Å²) in [4.78, 5) is 29.8. The van der Waals surface area contributed by atoms with Gasteiger partial charge in [-0.1, -0.05) is 0 Å². The molecule has 1 aromatic rings. The highest BCUT2D eigenvalue weighted by Crippen LogP contribution is 2.20. The number of carbonyl (C=O) groups excluding carboxylic acids is 1. The Morgan fingerprint density at radius 2 is 2.09 bits per heavy atom. The van der Waals surface area contributed by atoms with Crippen molar-refractivity contribution in [3.8, 4) is 0 Å². The van der Waals surface area contributed by atoms with Crippen LogP contribution in [0.1, 0.15) is 27.2 Å². The summed E-state index contributed by atoms with van der Waals surface area (Å²) in [7, 11) is 0. The van der Waals surface area contributed by atoms with Crippen LogP contribution < -0.4 is 4.90 Å². The molecule has 1 aliphatic heterocycles. The molecular weight excluding hydrogens is 288 g/mol. The van der Waals surface area contributed by atoms with E-state index in [1.807, 2.05) is 25.7 Å². The number of aromatic nitrogens is 1. The quantitative estimate of drug-likeness (QED) is 0.615. The number of pyridine rings is 1. The van der Waals surface area contributed by atoms with Crippen molar-refractivity contribution in [1.82, 2.24) is 9.88 Å². The highest BCUT2D eigenvalue weighted by molar-refractivity contribution is 5.68. The van der Waals surface area contributed by atoms with Crippen molar-refractivity contribution in [2.75, 3.05) is 24.7 Å². The van der Waals surface area contributed by atoms with Crippen LogP contribution in [0.3, 0.4) is 0 Å². The first-order valence-electron chi connectivity index (χ1n) is 7.10. The molecule has 0 atom stereocenters. The first-order chi connectivity index (χ1) is 10.3. The van der Waals surface area contributed by atoms with E-state index in [1.54, 1.807) is 17.0 Å². The smallest absolute Gasteiger partial charge is 0.411 e. The van der Waals surface area contributed by atoms with Gasteiger partial charge in [-0.25, -0.2) is 4.79 Å². The number of hydrogen-bond donors (Lipinski definition) is 0. The van der Waals surface area contributed by atoms with E-state index in [9.17, 15) is 14.9 Å². The maximum Gasteiger partial charge on any atom is 0.411 e. The van der Waals surface area contributed by atoms with E-state index in [-0.39, 0.29) is 11.9 Å². The van der Waals surface area contributed by atoms with Crippen LogP contribution in [0, 0.1) is 10.1 Å². The van der Waals surface area contributed by atoms with E-state index < -0.39 is 10.5 Å². The molecule has 22 heavy (non-hydrogen) atoms. The number of anilines is 1. The van der Waals surface area contributed by atoms with Gasteiger partial charge in [0, 0.05) is 25.2 Å². The van der Waals surface area contributed by atoms with Crippen LogP contribution in [0.5, 0.6) is 0 Å². The van der Waals surface area contributed by atoms with Crippen LogP contribution in [-0.4, -0.2) is 46.3 Å². The zero-order valence-electron chi connectivity index (χ0n) is 13.0. The van der Waals surface area contributed by atoms with Gasteiger partial charge in [0.25, 0.3) is 0 Å². The Balaban J connectivity index is 2.09. The van der Waals surface area contributed by atoms with E-state index in [0.29, 0.717) is 25.6 Å². The molecule has 8 nitrogen and oxygen atoms in total. The fourth-order valence-corrected chi connectivity index (χ4v) is 2.15. The molecule has 0 aliphatic carbocycles. The first-order valence-corrected chi connectivity index (χ1v) is 7.10. The predicted octanol–water partition coefficient (Wildman–Crippen LogP) is 2.39. The van der Waals surface area contributed by atoms with Crippen molar-refractivity contribution in [1.29, 1.82) is 0 Å². The standard InChI is InChI=1S/C14H20N4O4/c1-14(2,3)22-13(19)17-9-5-8-16(10-17)11-6-4-7-12(15-11)18(20)21/h4,6-7H,5,8-10H2,1-3H3. The topological polar surface area (TPSA) is 88.8 Å².